The van der Waals surface area contributed by atoms with Crippen LogP contribution in [-0.4, -0.2) is 131 Å². The molecule has 1 amide bonds. The molecule has 6 rings (SSSR count). The molecule has 12 nitrogen and oxygen atoms in total. The van der Waals surface area contributed by atoms with Gasteiger partial charge in [0.15, 0.2) is 11.5 Å². The minimum Gasteiger partial charge on any atom is -0.378 e. The van der Waals surface area contributed by atoms with Gasteiger partial charge in [-0.2, -0.15) is 4.98 Å². The van der Waals surface area contributed by atoms with Crippen molar-refractivity contribution in [1.29, 1.82) is 0 Å². The number of H-pyrrole nitrogens is 1. The smallest absolute Gasteiger partial charge is 0.246 e. The number of rotatable bonds is 8. The number of piperazine rings is 1. The third-order valence-corrected chi connectivity index (χ3v) is 9.00. The van der Waals surface area contributed by atoms with Crippen molar-refractivity contribution in [3.05, 3.63) is 19.0 Å². The average Bonchev–Trinajstić information content (AvgIpc) is 3.38. The molecule has 0 spiro atoms. The van der Waals surface area contributed by atoms with Crippen LogP contribution in [0.4, 0.5) is 11.8 Å². The van der Waals surface area contributed by atoms with E-state index in [2.05, 4.69) is 45.3 Å². The van der Waals surface area contributed by atoms with Gasteiger partial charge in [0.05, 0.1) is 13.2 Å². The molecule has 0 radical (unpaired) electrons. The molecule has 4 saturated heterocycles. The predicted molar refractivity (Wildman–Crippen MR) is 149 cm³/mol. The Morgan fingerprint density at radius 2 is 1.92 bits per heavy atom. The topological polar surface area (TPSA) is 109 Å². The van der Waals surface area contributed by atoms with E-state index in [1.807, 2.05) is 4.90 Å². The van der Waals surface area contributed by atoms with Gasteiger partial charge in [-0.25, -0.2) is 14.3 Å². The van der Waals surface area contributed by atoms with Gasteiger partial charge < -0.3 is 24.4 Å². The van der Waals surface area contributed by atoms with Gasteiger partial charge >= 0.3 is 0 Å². The SMILES string of the molecule is C=CC(=O)N1CC(N2CCCC(CNSN3CCN(c4nc5ncnc(N6CCOCC6)c5[nH]4)CC3)C2)C1. The Hall–Kier alpha value is -2.45. The van der Waals surface area contributed by atoms with E-state index in [1.165, 1.54) is 18.9 Å². The molecule has 6 heterocycles. The molecule has 4 aliphatic rings. The number of hydrogen-bond acceptors (Lipinski definition) is 11. The number of piperidine rings is 1. The summed E-state index contributed by atoms with van der Waals surface area (Å²) >= 11 is 1.75. The van der Waals surface area contributed by atoms with E-state index >= 15 is 0 Å². The van der Waals surface area contributed by atoms with Gasteiger partial charge in [0.25, 0.3) is 0 Å². The van der Waals surface area contributed by atoms with Gasteiger partial charge in [0.1, 0.15) is 11.8 Å². The Bertz CT molecular complexity index is 1110. The van der Waals surface area contributed by atoms with Crippen LogP contribution in [0.5, 0.6) is 0 Å². The van der Waals surface area contributed by atoms with Crippen LogP contribution in [0.15, 0.2) is 19.0 Å². The fraction of sp³-hybridized carbons (Fsp3) is 0.680. The number of aromatic nitrogens is 4. The van der Waals surface area contributed by atoms with Crippen LogP contribution in [0.25, 0.3) is 11.2 Å². The lowest BCUT2D eigenvalue weighted by Gasteiger charge is -2.47. The van der Waals surface area contributed by atoms with Crippen LogP contribution in [0.2, 0.25) is 0 Å². The summed E-state index contributed by atoms with van der Waals surface area (Å²) in [6, 6.07) is 0.511. The van der Waals surface area contributed by atoms with E-state index in [1.54, 1.807) is 18.5 Å². The van der Waals surface area contributed by atoms with E-state index in [-0.39, 0.29) is 5.91 Å². The molecule has 2 aromatic rings. The van der Waals surface area contributed by atoms with Crippen LogP contribution in [-0.2, 0) is 9.53 Å². The Balaban J connectivity index is 0.944. The van der Waals surface area contributed by atoms with Crippen molar-refractivity contribution in [2.24, 2.45) is 5.92 Å². The number of likely N-dealkylation sites (tertiary alicyclic amines) is 2. The van der Waals surface area contributed by atoms with E-state index in [4.69, 9.17) is 9.72 Å². The molecule has 2 N–H and O–H groups in total. The van der Waals surface area contributed by atoms with E-state index in [9.17, 15) is 4.79 Å². The summed E-state index contributed by atoms with van der Waals surface area (Å²) in [5.41, 5.74) is 1.63. The molecule has 0 saturated carbocycles. The molecule has 0 bridgehead atoms. The van der Waals surface area contributed by atoms with Crippen LogP contribution in [0.3, 0.4) is 0 Å². The van der Waals surface area contributed by atoms with Crippen molar-refractivity contribution in [2.75, 3.05) is 95.0 Å². The number of nitrogens with one attached hydrogen (secondary N) is 2. The zero-order valence-electron chi connectivity index (χ0n) is 21.9. The van der Waals surface area contributed by atoms with Crippen LogP contribution < -0.4 is 14.5 Å². The van der Waals surface area contributed by atoms with E-state index in [0.717, 1.165) is 108 Å². The summed E-state index contributed by atoms with van der Waals surface area (Å²) in [6.07, 6.45) is 5.52. The molecule has 0 aromatic carbocycles. The summed E-state index contributed by atoms with van der Waals surface area (Å²) in [5, 5.41) is 0. The summed E-state index contributed by atoms with van der Waals surface area (Å²) in [7, 11) is 0. The molecule has 1 unspecified atom stereocenters. The van der Waals surface area contributed by atoms with Crippen LogP contribution >= 0.6 is 12.1 Å². The second-order valence-electron chi connectivity index (χ2n) is 10.5. The quantitative estimate of drug-likeness (QED) is 0.361. The maximum atomic E-state index is 11.7. The first-order chi connectivity index (χ1) is 18.7. The lowest BCUT2D eigenvalue weighted by atomic mass is 9.95. The van der Waals surface area contributed by atoms with Crippen molar-refractivity contribution >= 4 is 41.0 Å². The Labute approximate surface area is 228 Å². The summed E-state index contributed by atoms with van der Waals surface area (Å²) < 4.78 is 11.5. The number of carbonyl (C=O) groups excluding carboxylic acids is 1. The Morgan fingerprint density at radius 3 is 2.71 bits per heavy atom. The minimum absolute atomic E-state index is 0.0553. The van der Waals surface area contributed by atoms with E-state index < -0.39 is 0 Å². The number of aromatic amines is 1. The molecular weight excluding hydrogens is 504 g/mol. The zero-order valence-corrected chi connectivity index (χ0v) is 22.7. The highest BCUT2D eigenvalue weighted by Gasteiger charge is 2.36. The first kappa shape index (κ1) is 25.8. The van der Waals surface area contributed by atoms with Gasteiger partial charge in [-0.1, -0.05) is 6.58 Å². The fourth-order valence-electron chi connectivity index (χ4n) is 5.80. The number of anilines is 2. The number of carbonyl (C=O) groups is 1. The molecule has 13 heteroatoms. The first-order valence-electron chi connectivity index (χ1n) is 13.8. The Kier molecular flexibility index (Phi) is 7.97. The Morgan fingerprint density at radius 1 is 1.11 bits per heavy atom. The first-order valence-corrected chi connectivity index (χ1v) is 14.5. The third kappa shape index (κ3) is 5.62. The number of imidazole rings is 1. The highest BCUT2D eigenvalue weighted by atomic mass is 32.2. The summed E-state index contributed by atoms with van der Waals surface area (Å²) in [4.78, 5) is 38.0. The lowest BCUT2D eigenvalue weighted by molar-refractivity contribution is -0.133. The average molecular weight is 543 g/mol. The van der Waals surface area contributed by atoms with Gasteiger partial charge in [-0.15, -0.1) is 0 Å². The monoisotopic (exact) mass is 542 g/mol. The molecule has 4 fully saturated rings. The van der Waals surface area contributed by atoms with Crippen LogP contribution in [0.1, 0.15) is 12.8 Å². The highest BCUT2D eigenvalue weighted by molar-refractivity contribution is 7.95. The van der Waals surface area contributed by atoms with Crippen molar-refractivity contribution in [3.63, 3.8) is 0 Å². The second-order valence-corrected chi connectivity index (χ2v) is 11.5. The maximum absolute atomic E-state index is 11.7. The number of fused-ring (bicyclic) bond motifs is 1. The minimum atomic E-state index is 0.0553. The molecule has 4 aliphatic heterocycles. The number of nitrogens with zero attached hydrogens (tertiary/aromatic N) is 8. The number of amides is 1. The van der Waals surface area contributed by atoms with Crippen molar-refractivity contribution in [3.8, 4) is 0 Å². The number of ether oxygens (including phenoxy) is 1. The van der Waals surface area contributed by atoms with Crippen LogP contribution in [0, 0.1) is 5.92 Å². The third-order valence-electron chi connectivity index (χ3n) is 8.09. The molecule has 38 heavy (non-hydrogen) atoms. The lowest BCUT2D eigenvalue weighted by Crippen LogP contribution is -2.62. The molecular formula is C25H38N10O2S. The standard InChI is InChI=1S/C25H38N10O2S/c1-2-21(36)34-16-20(17-34)33-5-3-4-19(15-33)14-28-38-35-8-6-32(7-9-35)25-29-22-23(30-25)26-18-27-24(22)31-10-12-37-13-11-31/h2,18-20,28H,1,3-17H2,(H,26,27,29,30). The fourth-order valence-corrected chi connectivity index (χ4v) is 6.64. The summed E-state index contributed by atoms with van der Waals surface area (Å²) in [6.45, 7) is 15.4. The van der Waals surface area contributed by atoms with Crippen molar-refractivity contribution in [1.82, 2.24) is 38.8 Å². The van der Waals surface area contributed by atoms with E-state index in [0.29, 0.717) is 12.0 Å². The van der Waals surface area contributed by atoms with Gasteiger partial charge in [-0.05, 0) is 31.4 Å². The molecule has 1 atom stereocenters. The van der Waals surface area contributed by atoms with Gasteiger partial charge in [0, 0.05) is 83.6 Å². The maximum Gasteiger partial charge on any atom is 0.246 e. The molecule has 206 valence electrons. The van der Waals surface area contributed by atoms with Crippen molar-refractivity contribution < 1.29 is 9.53 Å². The normalized spacial score (nSPS) is 24.1. The summed E-state index contributed by atoms with van der Waals surface area (Å²) in [5.74, 6) is 2.49. The van der Waals surface area contributed by atoms with Crippen molar-refractivity contribution in [2.45, 2.75) is 18.9 Å². The second kappa shape index (κ2) is 11.7. The van der Waals surface area contributed by atoms with Gasteiger partial charge in [0.2, 0.25) is 11.9 Å². The number of hydrogen-bond donors (Lipinski definition) is 2. The molecule has 2 aromatic heterocycles. The molecule has 0 aliphatic carbocycles. The largest absolute Gasteiger partial charge is 0.378 e. The zero-order chi connectivity index (χ0) is 25.9. The number of morpholine rings is 1. The van der Waals surface area contributed by atoms with Gasteiger partial charge in [-0.3, -0.25) is 14.4 Å². The highest BCUT2D eigenvalue weighted by Crippen LogP contribution is 2.26. The predicted octanol–water partition coefficient (Wildman–Crippen LogP) is 0.573.